The fourth-order valence-electron chi connectivity index (χ4n) is 3.64. The topological polar surface area (TPSA) is 4.41 Å². The number of fused-ring (bicyclic) bond motifs is 3. The van der Waals surface area contributed by atoms with Crippen molar-refractivity contribution in [2.75, 3.05) is 0 Å². The van der Waals surface area contributed by atoms with Crippen LogP contribution in [0.5, 0.6) is 0 Å². The van der Waals surface area contributed by atoms with Gasteiger partial charge in [0, 0.05) is 21.9 Å². The minimum absolute atomic E-state index is 1.28. The van der Waals surface area contributed by atoms with Gasteiger partial charge in [-0.3, -0.25) is 0 Å². The molecule has 0 radical (unpaired) electrons. The van der Waals surface area contributed by atoms with E-state index in [0.29, 0.717) is 0 Å². The Labute approximate surface area is 128 Å². The Morgan fingerprint density at radius 1 is 0.682 bits per heavy atom. The molecule has 3 heterocycles. The smallest absolute Gasteiger partial charge is 0.0620 e. The second kappa shape index (κ2) is 4.11. The van der Waals surface area contributed by atoms with Crippen molar-refractivity contribution in [1.82, 2.24) is 4.40 Å². The van der Waals surface area contributed by atoms with Crippen LogP contribution in [0.2, 0.25) is 0 Å². The van der Waals surface area contributed by atoms with Crippen LogP contribution in [0.25, 0.3) is 38.4 Å². The van der Waals surface area contributed by atoms with Gasteiger partial charge in [-0.05, 0) is 30.2 Å². The molecule has 5 aromatic rings. The van der Waals surface area contributed by atoms with Crippen LogP contribution < -0.4 is 0 Å². The zero-order valence-electron chi connectivity index (χ0n) is 12.4. The van der Waals surface area contributed by atoms with E-state index in [1.54, 1.807) is 0 Å². The monoisotopic (exact) mass is 281 g/mol. The van der Waals surface area contributed by atoms with Crippen molar-refractivity contribution in [1.29, 1.82) is 0 Å². The highest BCUT2D eigenvalue weighted by Crippen LogP contribution is 2.39. The predicted octanol–water partition coefficient (Wildman–Crippen LogP) is 5.66. The first-order chi connectivity index (χ1) is 10.8. The average molecular weight is 281 g/mol. The third-order valence-corrected chi connectivity index (χ3v) is 4.68. The van der Waals surface area contributed by atoms with Crippen LogP contribution in [0.15, 0.2) is 72.8 Å². The summed E-state index contributed by atoms with van der Waals surface area (Å²) in [7, 11) is 0. The first-order valence-electron chi connectivity index (χ1n) is 7.65. The predicted molar refractivity (Wildman–Crippen MR) is 93.8 cm³/mol. The first kappa shape index (κ1) is 11.8. The third kappa shape index (κ3) is 1.38. The number of nitrogens with zero attached hydrogens (tertiary/aromatic N) is 1. The van der Waals surface area contributed by atoms with E-state index in [4.69, 9.17) is 0 Å². The summed E-state index contributed by atoms with van der Waals surface area (Å²) in [6.07, 6.45) is 0. The van der Waals surface area contributed by atoms with Crippen molar-refractivity contribution >= 4 is 27.3 Å². The van der Waals surface area contributed by atoms with Gasteiger partial charge in [-0.1, -0.05) is 60.7 Å². The van der Waals surface area contributed by atoms with Gasteiger partial charge in [0.15, 0.2) is 0 Å². The van der Waals surface area contributed by atoms with Crippen LogP contribution in [0, 0.1) is 6.92 Å². The van der Waals surface area contributed by atoms with E-state index in [2.05, 4.69) is 84.1 Å². The molecule has 0 saturated carbocycles. The fraction of sp³-hybridized carbons (Fsp3) is 0.0476. The van der Waals surface area contributed by atoms with Crippen molar-refractivity contribution in [2.24, 2.45) is 0 Å². The molecule has 2 aromatic carbocycles. The molecule has 0 fully saturated rings. The van der Waals surface area contributed by atoms with E-state index in [0.717, 1.165) is 0 Å². The van der Waals surface area contributed by atoms with E-state index in [9.17, 15) is 0 Å². The fourth-order valence-corrected chi connectivity index (χ4v) is 3.64. The van der Waals surface area contributed by atoms with Crippen LogP contribution in [-0.4, -0.2) is 4.40 Å². The van der Waals surface area contributed by atoms with E-state index in [1.807, 2.05) is 0 Å². The number of hydrogen-bond acceptors (Lipinski definition) is 0. The van der Waals surface area contributed by atoms with Gasteiger partial charge in [-0.15, -0.1) is 0 Å². The standard InChI is InChI=1S/C21H15N/c1-14-11-12-19-16-9-5-6-10-17(16)21-18(13-20(14)22(19)21)15-7-3-2-4-8-15/h2-13H,1H3. The highest BCUT2D eigenvalue weighted by Gasteiger charge is 2.17. The summed E-state index contributed by atoms with van der Waals surface area (Å²) in [4.78, 5) is 0. The van der Waals surface area contributed by atoms with Crippen LogP contribution in [0.3, 0.4) is 0 Å². The van der Waals surface area contributed by atoms with E-state index < -0.39 is 0 Å². The lowest BCUT2D eigenvalue weighted by Crippen LogP contribution is -1.84. The Hall–Kier alpha value is -2.80. The highest BCUT2D eigenvalue weighted by molar-refractivity contribution is 6.15. The zero-order chi connectivity index (χ0) is 14.7. The van der Waals surface area contributed by atoms with Crippen molar-refractivity contribution in [3.8, 4) is 11.1 Å². The summed E-state index contributed by atoms with van der Waals surface area (Å²) < 4.78 is 2.42. The summed E-state index contributed by atoms with van der Waals surface area (Å²) in [5.74, 6) is 0. The molecule has 1 heteroatoms. The zero-order valence-corrected chi connectivity index (χ0v) is 12.4. The summed E-state index contributed by atoms with van der Waals surface area (Å²) in [5.41, 5.74) is 7.86. The second-order valence-corrected chi connectivity index (χ2v) is 5.94. The molecule has 104 valence electrons. The third-order valence-electron chi connectivity index (χ3n) is 4.68. The molecule has 0 amide bonds. The van der Waals surface area contributed by atoms with Gasteiger partial charge in [-0.2, -0.15) is 0 Å². The largest absolute Gasteiger partial charge is 0.308 e. The number of aryl methyl sites for hydroxylation is 1. The molecule has 0 unspecified atom stereocenters. The van der Waals surface area contributed by atoms with Crippen LogP contribution in [-0.2, 0) is 0 Å². The Kier molecular flexibility index (Phi) is 2.21. The molecule has 0 atom stereocenters. The second-order valence-electron chi connectivity index (χ2n) is 5.94. The molecule has 0 aliphatic rings. The Bertz CT molecular complexity index is 1120. The van der Waals surface area contributed by atoms with Gasteiger partial charge in [0.2, 0.25) is 0 Å². The minimum Gasteiger partial charge on any atom is -0.308 e. The first-order valence-corrected chi connectivity index (χ1v) is 7.65. The molecule has 22 heavy (non-hydrogen) atoms. The van der Waals surface area contributed by atoms with Crippen molar-refractivity contribution < 1.29 is 0 Å². The lowest BCUT2D eigenvalue weighted by atomic mass is 10.0. The normalized spacial score (nSPS) is 11.9. The van der Waals surface area contributed by atoms with E-state index in [1.165, 1.54) is 44.0 Å². The number of hydrogen-bond donors (Lipinski definition) is 0. The number of pyridine rings is 1. The quantitative estimate of drug-likeness (QED) is 0.373. The summed E-state index contributed by atoms with van der Waals surface area (Å²) in [6, 6.07) is 26.2. The molecule has 3 aromatic heterocycles. The van der Waals surface area contributed by atoms with Gasteiger partial charge in [-0.25, -0.2) is 0 Å². The molecule has 0 aliphatic carbocycles. The molecule has 1 nitrogen and oxygen atoms in total. The van der Waals surface area contributed by atoms with Crippen molar-refractivity contribution in [2.45, 2.75) is 6.92 Å². The highest BCUT2D eigenvalue weighted by atomic mass is 14.9. The molecule has 0 aliphatic heterocycles. The maximum Gasteiger partial charge on any atom is 0.0620 e. The van der Waals surface area contributed by atoms with Crippen LogP contribution in [0.1, 0.15) is 5.56 Å². The summed E-state index contributed by atoms with van der Waals surface area (Å²) >= 11 is 0. The van der Waals surface area contributed by atoms with Gasteiger partial charge in [0.1, 0.15) is 0 Å². The number of benzene rings is 2. The summed E-state index contributed by atoms with van der Waals surface area (Å²) in [5, 5.41) is 2.67. The van der Waals surface area contributed by atoms with Gasteiger partial charge < -0.3 is 4.40 Å². The van der Waals surface area contributed by atoms with E-state index in [-0.39, 0.29) is 0 Å². The summed E-state index contributed by atoms with van der Waals surface area (Å²) in [6.45, 7) is 2.19. The van der Waals surface area contributed by atoms with E-state index >= 15 is 0 Å². The Balaban J connectivity index is 2.09. The molecule has 5 rings (SSSR count). The van der Waals surface area contributed by atoms with Crippen LogP contribution in [0.4, 0.5) is 0 Å². The molecule has 0 bridgehead atoms. The lowest BCUT2D eigenvalue weighted by molar-refractivity contribution is 1.31. The molecular formula is C21H15N. The molecule has 0 N–H and O–H groups in total. The SMILES string of the molecule is Cc1ccc2c3ccccc3c3c(-c4ccccc4)cc1n23. The minimum atomic E-state index is 1.28. The van der Waals surface area contributed by atoms with Crippen molar-refractivity contribution in [3.05, 3.63) is 78.4 Å². The number of rotatable bonds is 1. The maximum absolute atomic E-state index is 2.42. The van der Waals surface area contributed by atoms with Crippen LogP contribution >= 0.6 is 0 Å². The lowest BCUT2D eigenvalue weighted by Gasteiger charge is -1.99. The van der Waals surface area contributed by atoms with Gasteiger partial charge in [0.25, 0.3) is 0 Å². The van der Waals surface area contributed by atoms with Gasteiger partial charge >= 0.3 is 0 Å². The van der Waals surface area contributed by atoms with Gasteiger partial charge in [0.05, 0.1) is 11.0 Å². The Morgan fingerprint density at radius 3 is 2.23 bits per heavy atom. The number of aromatic nitrogens is 1. The van der Waals surface area contributed by atoms with Crippen molar-refractivity contribution in [3.63, 3.8) is 0 Å². The molecule has 0 saturated heterocycles. The Morgan fingerprint density at radius 2 is 1.41 bits per heavy atom. The molecule has 0 spiro atoms. The molecular weight excluding hydrogens is 266 g/mol. The average Bonchev–Trinajstić information content (AvgIpc) is 3.11. The maximum atomic E-state index is 2.42.